The van der Waals surface area contributed by atoms with Crippen LogP contribution in [0.15, 0.2) is 67.4 Å². The Morgan fingerprint density at radius 2 is 1.77 bits per heavy atom. The third-order valence-corrected chi connectivity index (χ3v) is 5.73. The van der Waals surface area contributed by atoms with Gasteiger partial charge in [-0.2, -0.15) is 0 Å². The van der Waals surface area contributed by atoms with Crippen LogP contribution in [0.4, 0.5) is 0 Å². The highest BCUT2D eigenvalue weighted by atomic mass is 35.5. The van der Waals surface area contributed by atoms with Crippen LogP contribution >= 0.6 is 11.6 Å². The topological polar surface area (TPSA) is 71.0 Å². The SMILES string of the molecule is O=C(NC(c1ccc(Cl)cc1)c1cnccn1)C1CCN(Cc2ccncc2)CC1. The maximum absolute atomic E-state index is 13.1. The largest absolute Gasteiger partial charge is 0.343 e. The van der Waals surface area contributed by atoms with Crippen molar-refractivity contribution in [1.29, 1.82) is 0 Å². The highest BCUT2D eigenvalue weighted by molar-refractivity contribution is 6.30. The van der Waals surface area contributed by atoms with Gasteiger partial charge in [0.05, 0.1) is 17.9 Å². The molecule has 0 saturated carbocycles. The Labute approximate surface area is 181 Å². The van der Waals surface area contributed by atoms with E-state index in [0.717, 1.165) is 38.0 Å². The fraction of sp³-hybridized carbons (Fsp3) is 0.304. The van der Waals surface area contributed by atoms with Crippen molar-refractivity contribution in [3.8, 4) is 0 Å². The van der Waals surface area contributed by atoms with E-state index in [1.54, 1.807) is 18.6 Å². The molecule has 0 radical (unpaired) electrons. The van der Waals surface area contributed by atoms with Crippen LogP contribution in [-0.4, -0.2) is 38.8 Å². The van der Waals surface area contributed by atoms with Crippen LogP contribution in [0.1, 0.15) is 35.7 Å². The van der Waals surface area contributed by atoms with Crippen molar-refractivity contribution >= 4 is 17.5 Å². The molecule has 0 bridgehead atoms. The van der Waals surface area contributed by atoms with Gasteiger partial charge in [-0.25, -0.2) is 0 Å². The number of benzene rings is 1. The molecule has 1 fully saturated rings. The van der Waals surface area contributed by atoms with E-state index >= 15 is 0 Å². The molecule has 3 aromatic rings. The second kappa shape index (κ2) is 9.78. The number of carbonyl (C=O) groups excluding carboxylic acids is 1. The summed E-state index contributed by atoms with van der Waals surface area (Å²) < 4.78 is 0. The molecule has 4 rings (SSSR count). The molecule has 0 spiro atoms. The third-order valence-electron chi connectivity index (χ3n) is 5.48. The van der Waals surface area contributed by atoms with Gasteiger partial charge in [0, 0.05) is 42.3 Å². The molecule has 1 atom stereocenters. The van der Waals surface area contributed by atoms with Gasteiger partial charge in [0.2, 0.25) is 5.91 Å². The number of hydrogen-bond donors (Lipinski definition) is 1. The number of aromatic nitrogens is 3. The number of carbonyl (C=O) groups is 1. The standard InChI is InChI=1S/C23H24ClN5O/c24-20-3-1-18(2-4-20)22(21-15-26-11-12-27-21)28-23(30)19-7-13-29(14-8-19)16-17-5-9-25-10-6-17/h1-6,9-12,15,19,22H,7-8,13-14,16H2,(H,28,30). The van der Waals surface area contributed by atoms with Crippen molar-refractivity contribution in [2.24, 2.45) is 5.92 Å². The number of likely N-dealkylation sites (tertiary alicyclic amines) is 1. The second-order valence-corrected chi connectivity index (χ2v) is 7.97. The van der Waals surface area contributed by atoms with Crippen LogP contribution in [0.2, 0.25) is 5.02 Å². The molecule has 154 valence electrons. The molecule has 1 aliphatic heterocycles. The second-order valence-electron chi connectivity index (χ2n) is 7.53. The van der Waals surface area contributed by atoms with Crippen molar-refractivity contribution in [2.45, 2.75) is 25.4 Å². The summed E-state index contributed by atoms with van der Waals surface area (Å²) in [6.07, 6.45) is 10.3. The number of piperidine rings is 1. The van der Waals surface area contributed by atoms with Gasteiger partial charge < -0.3 is 5.32 Å². The number of pyridine rings is 1. The molecule has 1 unspecified atom stereocenters. The quantitative estimate of drug-likeness (QED) is 0.657. The van der Waals surface area contributed by atoms with Gasteiger partial charge in [0.15, 0.2) is 0 Å². The van der Waals surface area contributed by atoms with Crippen LogP contribution in [0, 0.1) is 5.92 Å². The first-order valence-electron chi connectivity index (χ1n) is 10.1. The van der Waals surface area contributed by atoms with E-state index in [1.165, 1.54) is 5.56 Å². The fourth-order valence-corrected chi connectivity index (χ4v) is 3.93. The first kappa shape index (κ1) is 20.4. The number of amides is 1. The van der Waals surface area contributed by atoms with Crippen molar-refractivity contribution in [3.63, 3.8) is 0 Å². The number of hydrogen-bond acceptors (Lipinski definition) is 5. The molecule has 0 aliphatic carbocycles. The van der Waals surface area contributed by atoms with E-state index in [-0.39, 0.29) is 17.9 Å². The molecule has 7 heteroatoms. The lowest BCUT2D eigenvalue weighted by Crippen LogP contribution is -2.41. The first-order valence-corrected chi connectivity index (χ1v) is 10.5. The Morgan fingerprint density at radius 3 is 2.43 bits per heavy atom. The van der Waals surface area contributed by atoms with E-state index < -0.39 is 0 Å². The van der Waals surface area contributed by atoms with Crippen molar-refractivity contribution < 1.29 is 4.79 Å². The highest BCUT2D eigenvalue weighted by Crippen LogP contribution is 2.25. The first-order chi connectivity index (χ1) is 14.7. The van der Waals surface area contributed by atoms with E-state index in [0.29, 0.717) is 10.7 Å². The Kier molecular flexibility index (Phi) is 6.67. The zero-order valence-electron chi connectivity index (χ0n) is 16.6. The predicted molar refractivity (Wildman–Crippen MR) is 116 cm³/mol. The summed E-state index contributed by atoms with van der Waals surface area (Å²) in [5.74, 6) is 0.0503. The molecular formula is C23H24ClN5O. The summed E-state index contributed by atoms with van der Waals surface area (Å²) in [6.45, 7) is 2.69. The lowest BCUT2D eigenvalue weighted by molar-refractivity contribution is -0.127. The van der Waals surface area contributed by atoms with Crippen LogP contribution < -0.4 is 5.32 Å². The third kappa shape index (κ3) is 5.20. The Balaban J connectivity index is 1.40. The normalized spacial score (nSPS) is 16.2. The van der Waals surface area contributed by atoms with Crippen LogP contribution in [0.3, 0.4) is 0 Å². The van der Waals surface area contributed by atoms with Gasteiger partial charge in [-0.05, 0) is 61.3 Å². The zero-order chi connectivity index (χ0) is 20.8. The number of nitrogens with one attached hydrogen (secondary N) is 1. The fourth-order valence-electron chi connectivity index (χ4n) is 3.80. The molecule has 3 heterocycles. The Hall–Kier alpha value is -2.83. The molecule has 2 aromatic heterocycles. The van der Waals surface area contributed by atoms with Crippen LogP contribution in [0.5, 0.6) is 0 Å². The van der Waals surface area contributed by atoms with Crippen LogP contribution in [-0.2, 0) is 11.3 Å². The minimum absolute atomic E-state index is 0.00911. The molecule has 6 nitrogen and oxygen atoms in total. The number of rotatable bonds is 6. The predicted octanol–water partition coefficient (Wildman–Crippen LogP) is 3.64. The van der Waals surface area contributed by atoms with Crippen molar-refractivity contribution in [2.75, 3.05) is 13.1 Å². The summed E-state index contributed by atoms with van der Waals surface area (Å²) >= 11 is 6.04. The summed E-state index contributed by atoms with van der Waals surface area (Å²) in [5.41, 5.74) is 2.89. The van der Waals surface area contributed by atoms with Gasteiger partial charge in [-0.15, -0.1) is 0 Å². The molecule has 1 aliphatic rings. The van der Waals surface area contributed by atoms with E-state index in [9.17, 15) is 4.79 Å². The van der Waals surface area contributed by atoms with Gasteiger partial charge in [-0.3, -0.25) is 24.6 Å². The van der Waals surface area contributed by atoms with E-state index in [2.05, 4.69) is 25.2 Å². The minimum atomic E-state index is -0.349. The highest BCUT2D eigenvalue weighted by Gasteiger charge is 2.28. The number of halogens is 1. The number of nitrogens with zero attached hydrogens (tertiary/aromatic N) is 4. The monoisotopic (exact) mass is 421 g/mol. The molecule has 1 aromatic carbocycles. The molecular weight excluding hydrogens is 398 g/mol. The summed E-state index contributed by atoms with van der Waals surface area (Å²) in [5, 5.41) is 3.85. The van der Waals surface area contributed by atoms with Gasteiger partial charge in [0.25, 0.3) is 0 Å². The summed E-state index contributed by atoms with van der Waals surface area (Å²) in [6, 6.07) is 11.2. The summed E-state index contributed by atoms with van der Waals surface area (Å²) in [4.78, 5) is 28.1. The Morgan fingerprint density at radius 1 is 1.03 bits per heavy atom. The van der Waals surface area contributed by atoms with Crippen LogP contribution in [0.25, 0.3) is 0 Å². The van der Waals surface area contributed by atoms with Gasteiger partial charge in [0.1, 0.15) is 0 Å². The summed E-state index contributed by atoms with van der Waals surface area (Å²) in [7, 11) is 0. The van der Waals surface area contributed by atoms with Crippen molar-refractivity contribution in [1.82, 2.24) is 25.2 Å². The zero-order valence-corrected chi connectivity index (χ0v) is 17.4. The van der Waals surface area contributed by atoms with Gasteiger partial charge >= 0.3 is 0 Å². The smallest absolute Gasteiger partial charge is 0.224 e. The minimum Gasteiger partial charge on any atom is -0.343 e. The maximum Gasteiger partial charge on any atom is 0.224 e. The average molecular weight is 422 g/mol. The molecule has 1 N–H and O–H groups in total. The molecule has 1 amide bonds. The van der Waals surface area contributed by atoms with E-state index in [1.807, 2.05) is 48.8 Å². The maximum atomic E-state index is 13.1. The average Bonchev–Trinajstić information content (AvgIpc) is 2.80. The van der Waals surface area contributed by atoms with Gasteiger partial charge in [-0.1, -0.05) is 23.7 Å². The molecule has 30 heavy (non-hydrogen) atoms. The lowest BCUT2D eigenvalue weighted by atomic mass is 9.94. The van der Waals surface area contributed by atoms with E-state index in [4.69, 9.17) is 11.6 Å². The van der Waals surface area contributed by atoms with Crippen molar-refractivity contribution in [3.05, 3.63) is 89.2 Å². The molecule has 1 saturated heterocycles. The Bertz CT molecular complexity index is 944. The lowest BCUT2D eigenvalue weighted by Gasteiger charge is -2.32.